The SMILES string of the molecule is Cc1cc(C(=O)OCC(=O)NC(C)c2ccc(F)cc2)c2ccccc2n1. The van der Waals surface area contributed by atoms with Crippen molar-refractivity contribution in [3.05, 3.63) is 77.2 Å². The van der Waals surface area contributed by atoms with Crippen molar-refractivity contribution in [1.82, 2.24) is 10.3 Å². The molecule has 0 aliphatic heterocycles. The van der Waals surface area contributed by atoms with Gasteiger partial charge in [0.1, 0.15) is 5.82 Å². The molecule has 0 spiro atoms. The summed E-state index contributed by atoms with van der Waals surface area (Å²) in [4.78, 5) is 28.9. The first-order chi connectivity index (χ1) is 12.9. The number of hydrogen-bond donors (Lipinski definition) is 1. The zero-order valence-corrected chi connectivity index (χ0v) is 15.0. The minimum atomic E-state index is -0.582. The van der Waals surface area contributed by atoms with E-state index in [-0.39, 0.29) is 11.9 Å². The number of para-hydroxylation sites is 1. The van der Waals surface area contributed by atoms with E-state index >= 15 is 0 Å². The van der Waals surface area contributed by atoms with E-state index < -0.39 is 18.5 Å². The van der Waals surface area contributed by atoms with Gasteiger partial charge in [-0.3, -0.25) is 9.78 Å². The number of rotatable bonds is 5. The Hall–Kier alpha value is -3.28. The molecule has 1 unspecified atom stereocenters. The summed E-state index contributed by atoms with van der Waals surface area (Å²) in [6, 6.07) is 14.4. The van der Waals surface area contributed by atoms with Crippen molar-refractivity contribution in [2.45, 2.75) is 19.9 Å². The maximum atomic E-state index is 13.0. The molecule has 0 saturated heterocycles. The quantitative estimate of drug-likeness (QED) is 0.699. The molecular weight excluding hydrogens is 347 g/mol. The molecule has 0 aliphatic carbocycles. The third-order valence-corrected chi connectivity index (χ3v) is 4.15. The van der Waals surface area contributed by atoms with Crippen molar-refractivity contribution in [2.24, 2.45) is 0 Å². The van der Waals surface area contributed by atoms with Crippen LogP contribution in [0.1, 0.15) is 34.6 Å². The fourth-order valence-corrected chi connectivity index (χ4v) is 2.80. The molecule has 1 atom stereocenters. The first-order valence-corrected chi connectivity index (χ1v) is 8.52. The molecule has 1 heterocycles. The van der Waals surface area contributed by atoms with Crippen LogP contribution in [0.4, 0.5) is 4.39 Å². The van der Waals surface area contributed by atoms with Gasteiger partial charge in [0, 0.05) is 11.1 Å². The molecular formula is C21H19FN2O3. The van der Waals surface area contributed by atoms with E-state index in [4.69, 9.17) is 4.74 Å². The molecule has 3 aromatic rings. The van der Waals surface area contributed by atoms with Crippen LogP contribution in [-0.2, 0) is 9.53 Å². The number of amides is 1. The van der Waals surface area contributed by atoms with Gasteiger partial charge in [-0.2, -0.15) is 0 Å². The Balaban J connectivity index is 1.64. The topological polar surface area (TPSA) is 68.3 Å². The molecule has 2 aromatic carbocycles. The molecule has 0 fully saturated rings. The highest BCUT2D eigenvalue weighted by Crippen LogP contribution is 2.19. The number of fused-ring (bicyclic) bond motifs is 1. The average Bonchev–Trinajstić information content (AvgIpc) is 2.65. The van der Waals surface area contributed by atoms with E-state index in [0.717, 1.165) is 5.56 Å². The Morgan fingerprint density at radius 1 is 1.15 bits per heavy atom. The number of pyridine rings is 1. The summed E-state index contributed by atoms with van der Waals surface area (Å²) in [5.74, 6) is -1.36. The smallest absolute Gasteiger partial charge is 0.339 e. The Bertz CT molecular complexity index is 986. The Kier molecular flexibility index (Phi) is 5.45. The summed E-state index contributed by atoms with van der Waals surface area (Å²) < 4.78 is 18.1. The summed E-state index contributed by atoms with van der Waals surface area (Å²) in [5, 5.41) is 3.39. The largest absolute Gasteiger partial charge is 0.452 e. The number of nitrogens with zero attached hydrogens (tertiary/aromatic N) is 1. The molecule has 0 saturated carbocycles. The maximum Gasteiger partial charge on any atom is 0.339 e. The molecule has 0 bridgehead atoms. The lowest BCUT2D eigenvalue weighted by Gasteiger charge is -2.14. The van der Waals surface area contributed by atoms with Gasteiger partial charge in [0.25, 0.3) is 5.91 Å². The van der Waals surface area contributed by atoms with Crippen molar-refractivity contribution in [3.8, 4) is 0 Å². The third kappa shape index (κ3) is 4.47. The number of carbonyl (C=O) groups is 2. The Labute approximate surface area is 156 Å². The summed E-state index contributed by atoms with van der Waals surface area (Å²) in [5.41, 5.74) is 2.51. The normalized spacial score (nSPS) is 11.8. The van der Waals surface area contributed by atoms with E-state index in [1.54, 1.807) is 38.1 Å². The molecule has 3 rings (SSSR count). The molecule has 5 nitrogen and oxygen atoms in total. The van der Waals surface area contributed by atoms with Crippen molar-refractivity contribution >= 4 is 22.8 Å². The van der Waals surface area contributed by atoms with E-state index in [0.29, 0.717) is 22.2 Å². The lowest BCUT2D eigenvalue weighted by Crippen LogP contribution is -2.31. The maximum absolute atomic E-state index is 13.0. The Morgan fingerprint density at radius 3 is 2.59 bits per heavy atom. The van der Waals surface area contributed by atoms with Crippen LogP contribution in [0.3, 0.4) is 0 Å². The predicted molar refractivity (Wildman–Crippen MR) is 99.7 cm³/mol. The number of hydrogen-bond acceptors (Lipinski definition) is 4. The number of ether oxygens (including phenoxy) is 1. The van der Waals surface area contributed by atoms with Crippen molar-refractivity contribution in [3.63, 3.8) is 0 Å². The van der Waals surface area contributed by atoms with Gasteiger partial charge >= 0.3 is 5.97 Å². The standard InChI is InChI=1S/C21H19FN2O3/c1-13-11-18(17-5-3-4-6-19(17)23-13)21(26)27-12-20(25)24-14(2)15-7-9-16(22)10-8-15/h3-11,14H,12H2,1-2H3,(H,24,25). The van der Waals surface area contributed by atoms with Crippen molar-refractivity contribution in [2.75, 3.05) is 6.61 Å². The second kappa shape index (κ2) is 7.95. The van der Waals surface area contributed by atoms with Gasteiger partial charge in [0.2, 0.25) is 0 Å². The van der Waals surface area contributed by atoms with Crippen LogP contribution in [0.15, 0.2) is 54.6 Å². The van der Waals surface area contributed by atoms with Gasteiger partial charge in [-0.15, -0.1) is 0 Å². The number of benzene rings is 2. The van der Waals surface area contributed by atoms with Gasteiger partial charge in [0.15, 0.2) is 6.61 Å². The van der Waals surface area contributed by atoms with Gasteiger partial charge < -0.3 is 10.1 Å². The van der Waals surface area contributed by atoms with Gasteiger partial charge in [0.05, 0.1) is 17.1 Å². The number of esters is 1. The first-order valence-electron chi connectivity index (χ1n) is 8.52. The van der Waals surface area contributed by atoms with Crippen LogP contribution in [0.2, 0.25) is 0 Å². The number of halogens is 1. The lowest BCUT2D eigenvalue weighted by molar-refractivity contribution is -0.124. The lowest BCUT2D eigenvalue weighted by atomic mass is 10.1. The fraction of sp³-hybridized carbons (Fsp3) is 0.190. The zero-order chi connectivity index (χ0) is 19.4. The van der Waals surface area contributed by atoms with E-state index in [1.165, 1.54) is 12.1 Å². The second-order valence-corrected chi connectivity index (χ2v) is 6.25. The van der Waals surface area contributed by atoms with Crippen LogP contribution in [0.25, 0.3) is 10.9 Å². The summed E-state index contributed by atoms with van der Waals surface area (Å²) >= 11 is 0. The van der Waals surface area contributed by atoms with E-state index in [1.807, 2.05) is 18.2 Å². The molecule has 1 aromatic heterocycles. The molecule has 27 heavy (non-hydrogen) atoms. The van der Waals surface area contributed by atoms with Crippen LogP contribution in [0.5, 0.6) is 0 Å². The Morgan fingerprint density at radius 2 is 1.85 bits per heavy atom. The third-order valence-electron chi connectivity index (χ3n) is 4.15. The van der Waals surface area contributed by atoms with E-state index in [2.05, 4.69) is 10.3 Å². The van der Waals surface area contributed by atoms with Crippen LogP contribution < -0.4 is 5.32 Å². The van der Waals surface area contributed by atoms with Crippen LogP contribution in [0, 0.1) is 12.7 Å². The molecule has 6 heteroatoms. The molecule has 0 aliphatic rings. The number of aromatic nitrogens is 1. The average molecular weight is 366 g/mol. The minimum absolute atomic E-state index is 0.333. The van der Waals surface area contributed by atoms with Gasteiger partial charge in [-0.25, -0.2) is 9.18 Å². The van der Waals surface area contributed by atoms with Crippen LogP contribution >= 0.6 is 0 Å². The number of aryl methyl sites for hydroxylation is 1. The summed E-state index contributed by atoms with van der Waals surface area (Å²) in [6.07, 6.45) is 0. The molecule has 0 radical (unpaired) electrons. The molecule has 1 amide bonds. The summed E-state index contributed by atoms with van der Waals surface area (Å²) in [7, 11) is 0. The van der Waals surface area contributed by atoms with Gasteiger partial charge in [-0.05, 0) is 43.7 Å². The first kappa shape index (κ1) is 18.5. The number of nitrogens with one attached hydrogen (secondary N) is 1. The second-order valence-electron chi connectivity index (χ2n) is 6.25. The predicted octanol–water partition coefficient (Wildman–Crippen LogP) is 3.72. The fourth-order valence-electron chi connectivity index (χ4n) is 2.80. The highest BCUT2D eigenvalue weighted by atomic mass is 19.1. The monoisotopic (exact) mass is 366 g/mol. The van der Waals surface area contributed by atoms with Crippen molar-refractivity contribution in [1.29, 1.82) is 0 Å². The van der Waals surface area contributed by atoms with E-state index in [9.17, 15) is 14.0 Å². The summed E-state index contributed by atoms with van der Waals surface area (Å²) in [6.45, 7) is 3.16. The van der Waals surface area contributed by atoms with Crippen molar-refractivity contribution < 1.29 is 18.7 Å². The number of carbonyl (C=O) groups excluding carboxylic acids is 2. The zero-order valence-electron chi connectivity index (χ0n) is 15.0. The molecule has 138 valence electrons. The highest BCUT2D eigenvalue weighted by Gasteiger charge is 2.16. The van der Waals surface area contributed by atoms with Gasteiger partial charge in [-0.1, -0.05) is 30.3 Å². The minimum Gasteiger partial charge on any atom is -0.452 e. The van der Waals surface area contributed by atoms with Crippen LogP contribution in [-0.4, -0.2) is 23.5 Å². The highest BCUT2D eigenvalue weighted by molar-refractivity contribution is 6.04. The molecule has 1 N–H and O–H groups in total.